The van der Waals surface area contributed by atoms with Crippen molar-refractivity contribution >= 4 is 0 Å². The average molecular weight is 274 g/mol. The molecular formula is C16H26N4. The summed E-state index contributed by atoms with van der Waals surface area (Å²) in [5.74, 6) is 5.86. The molecule has 0 aromatic carbocycles. The molecule has 0 spiro atoms. The van der Waals surface area contributed by atoms with Crippen LogP contribution in [-0.4, -0.2) is 10.2 Å². The third-order valence-electron chi connectivity index (χ3n) is 4.04. The van der Waals surface area contributed by atoms with Crippen LogP contribution in [0.2, 0.25) is 0 Å². The van der Waals surface area contributed by atoms with Gasteiger partial charge in [0.1, 0.15) is 0 Å². The Morgan fingerprint density at radius 1 is 1.25 bits per heavy atom. The number of aryl methyl sites for hydroxylation is 2. The predicted octanol–water partition coefficient (Wildman–Crippen LogP) is 3.13. The molecule has 0 saturated carbocycles. The number of hydrogen-bond donors (Lipinski definition) is 2. The van der Waals surface area contributed by atoms with Crippen LogP contribution in [0.3, 0.4) is 0 Å². The maximum absolute atomic E-state index is 5.86. The minimum Gasteiger partial charge on any atom is -0.271 e. The number of nitrogens with zero attached hydrogens (tertiary/aromatic N) is 2. The molecule has 0 fully saturated rings. The van der Waals surface area contributed by atoms with Gasteiger partial charge in [0.2, 0.25) is 0 Å². The molecule has 0 bridgehead atoms. The molecule has 1 heterocycles. The number of allylic oxidation sites excluding steroid dienone is 1. The Bertz CT molecular complexity index is 468. The summed E-state index contributed by atoms with van der Waals surface area (Å²) >= 11 is 0. The zero-order valence-electron chi connectivity index (χ0n) is 12.7. The minimum absolute atomic E-state index is 0.0808. The van der Waals surface area contributed by atoms with E-state index in [-0.39, 0.29) is 6.04 Å². The molecular weight excluding hydrogens is 248 g/mol. The van der Waals surface area contributed by atoms with E-state index in [4.69, 9.17) is 5.84 Å². The molecule has 0 radical (unpaired) electrons. The number of aromatic nitrogens is 2. The third kappa shape index (κ3) is 3.64. The molecule has 20 heavy (non-hydrogen) atoms. The number of nitrogens with two attached hydrogens (primary N) is 1. The number of hydrogen-bond acceptors (Lipinski definition) is 4. The van der Waals surface area contributed by atoms with E-state index < -0.39 is 0 Å². The van der Waals surface area contributed by atoms with Crippen LogP contribution in [0.15, 0.2) is 17.7 Å². The SMILES string of the molecule is CCc1nnc(C)cc1C(NN)C1=CCCCCCC1. The van der Waals surface area contributed by atoms with Crippen LogP contribution < -0.4 is 11.3 Å². The van der Waals surface area contributed by atoms with Crippen LogP contribution >= 0.6 is 0 Å². The molecule has 0 saturated heterocycles. The second kappa shape index (κ2) is 7.50. The lowest BCUT2D eigenvalue weighted by molar-refractivity contribution is 0.549. The molecule has 1 aliphatic rings. The standard InChI is InChI=1S/C16H26N4/c1-3-15-14(11-12(2)19-20-15)16(18-17)13-9-7-5-4-6-8-10-13/h9,11,16,18H,3-8,10,17H2,1-2H3. The van der Waals surface area contributed by atoms with Gasteiger partial charge in [0.25, 0.3) is 0 Å². The van der Waals surface area contributed by atoms with Crippen molar-refractivity contribution in [2.75, 3.05) is 0 Å². The Morgan fingerprint density at radius 2 is 2.05 bits per heavy atom. The van der Waals surface area contributed by atoms with E-state index in [9.17, 15) is 0 Å². The Kier molecular flexibility index (Phi) is 5.68. The van der Waals surface area contributed by atoms with E-state index in [2.05, 4.69) is 34.7 Å². The first-order chi connectivity index (χ1) is 9.76. The van der Waals surface area contributed by atoms with Crippen molar-refractivity contribution in [2.24, 2.45) is 5.84 Å². The Labute approximate surface area is 121 Å². The predicted molar refractivity (Wildman–Crippen MR) is 82.0 cm³/mol. The molecule has 4 heteroatoms. The molecule has 0 aliphatic heterocycles. The van der Waals surface area contributed by atoms with Gasteiger partial charge in [0, 0.05) is 0 Å². The fourth-order valence-corrected chi connectivity index (χ4v) is 2.93. The zero-order valence-corrected chi connectivity index (χ0v) is 12.7. The summed E-state index contributed by atoms with van der Waals surface area (Å²) in [5.41, 5.74) is 7.59. The molecule has 1 unspecified atom stereocenters. The van der Waals surface area contributed by atoms with Crippen molar-refractivity contribution in [1.82, 2.24) is 15.6 Å². The van der Waals surface area contributed by atoms with Gasteiger partial charge in [0.05, 0.1) is 17.4 Å². The smallest absolute Gasteiger partial charge is 0.0689 e. The van der Waals surface area contributed by atoms with Gasteiger partial charge >= 0.3 is 0 Å². The molecule has 110 valence electrons. The van der Waals surface area contributed by atoms with Crippen molar-refractivity contribution in [3.63, 3.8) is 0 Å². The maximum atomic E-state index is 5.86. The first-order valence-electron chi connectivity index (χ1n) is 7.74. The molecule has 1 aromatic rings. The maximum Gasteiger partial charge on any atom is 0.0689 e. The van der Waals surface area contributed by atoms with Gasteiger partial charge in [-0.15, -0.1) is 0 Å². The first kappa shape index (κ1) is 15.1. The fourth-order valence-electron chi connectivity index (χ4n) is 2.93. The van der Waals surface area contributed by atoms with E-state index in [1.807, 2.05) is 6.92 Å². The number of rotatable bonds is 4. The minimum atomic E-state index is 0.0808. The Morgan fingerprint density at radius 3 is 2.80 bits per heavy atom. The lowest BCUT2D eigenvalue weighted by Crippen LogP contribution is -2.31. The summed E-state index contributed by atoms with van der Waals surface area (Å²) in [6.45, 7) is 4.10. The van der Waals surface area contributed by atoms with Crippen LogP contribution in [-0.2, 0) is 6.42 Å². The van der Waals surface area contributed by atoms with Gasteiger partial charge in [-0.05, 0) is 50.7 Å². The lowest BCUT2D eigenvalue weighted by Gasteiger charge is -2.23. The molecule has 3 N–H and O–H groups in total. The largest absolute Gasteiger partial charge is 0.271 e. The van der Waals surface area contributed by atoms with Crippen molar-refractivity contribution < 1.29 is 0 Å². The van der Waals surface area contributed by atoms with Crippen LogP contribution in [0.4, 0.5) is 0 Å². The van der Waals surface area contributed by atoms with E-state index in [1.165, 1.54) is 36.8 Å². The highest BCUT2D eigenvalue weighted by Gasteiger charge is 2.19. The molecule has 1 atom stereocenters. The van der Waals surface area contributed by atoms with Crippen LogP contribution in [0.1, 0.15) is 68.4 Å². The molecule has 1 aliphatic carbocycles. The van der Waals surface area contributed by atoms with Crippen molar-refractivity contribution in [3.05, 3.63) is 34.7 Å². The van der Waals surface area contributed by atoms with E-state index in [0.29, 0.717) is 0 Å². The normalized spacial score (nSPS) is 18.1. The highest BCUT2D eigenvalue weighted by molar-refractivity contribution is 5.32. The van der Waals surface area contributed by atoms with Crippen molar-refractivity contribution in [1.29, 1.82) is 0 Å². The molecule has 0 amide bonds. The molecule has 1 aromatic heterocycles. The zero-order chi connectivity index (χ0) is 14.4. The second-order valence-corrected chi connectivity index (χ2v) is 5.57. The topological polar surface area (TPSA) is 63.8 Å². The number of hydrazine groups is 1. The summed E-state index contributed by atoms with van der Waals surface area (Å²) in [6, 6.07) is 2.20. The van der Waals surface area contributed by atoms with Crippen molar-refractivity contribution in [3.8, 4) is 0 Å². The third-order valence-corrected chi connectivity index (χ3v) is 4.04. The summed E-state index contributed by atoms with van der Waals surface area (Å²) < 4.78 is 0. The lowest BCUT2D eigenvalue weighted by atomic mass is 9.90. The fraction of sp³-hybridized carbons (Fsp3) is 0.625. The van der Waals surface area contributed by atoms with Gasteiger partial charge < -0.3 is 0 Å². The van der Waals surface area contributed by atoms with Gasteiger partial charge in [-0.25, -0.2) is 5.43 Å². The van der Waals surface area contributed by atoms with Gasteiger partial charge in [0.15, 0.2) is 0 Å². The van der Waals surface area contributed by atoms with Gasteiger partial charge in [-0.1, -0.05) is 31.4 Å². The van der Waals surface area contributed by atoms with Gasteiger partial charge in [-0.2, -0.15) is 10.2 Å². The van der Waals surface area contributed by atoms with Crippen LogP contribution in [0.5, 0.6) is 0 Å². The van der Waals surface area contributed by atoms with E-state index >= 15 is 0 Å². The van der Waals surface area contributed by atoms with E-state index in [0.717, 1.165) is 30.7 Å². The number of nitrogens with one attached hydrogen (secondary N) is 1. The summed E-state index contributed by atoms with van der Waals surface area (Å²) in [6.07, 6.45) is 10.8. The van der Waals surface area contributed by atoms with E-state index in [1.54, 1.807) is 0 Å². The Hall–Kier alpha value is -1.26. The quantitative estimate of drug-likeness (QED) is 0.503. The monoisotopic (exact) mass is 274 g/mol. The highest BCUT2D eigenvalue weighted by Crippen LogP contribution is 2.29. The van der Waals surface area contributed by atoms with Crippen LogP contribution in [0.25, 0.3) is 0 Å². The summed E-state index contributed by atoms with van der Waals surface area (Å²) in [7, 11) is 0. The Balaban J connectivity index is 2.33. The second-order valence-electron chi connectivity index (χ2n) is 5.57. The molecule has 4 nitrogen and oxygen atoms in total. The highest BCUT2D eigenvalue weighted by atomic mass is 15.2. The summed E-state index contributed by atoms with van der Waals surface area (Å²) in [4.78, 5) is 0. The average Bonchev–Trinajstić information content (AvgIpc) is 2.42. The molecule has 2 rings (SSSR count). The van der Waals surface area contributed by atoms with Gasteiger partial charge in [-0.3, -0.25) is 5.84 Å². The first-order valence-corrected chi connectivity index (χ1v) is 7.74. The van der Waals surface area contributed by atoms with Crippen LogP contribution in [0, 0.1) is 6.92 Å². The van der Waals surface area contributed by atoms with Crippen molar-refractivity contribution in [2.45, 2.75) is 64.8 Å². The summed E-state index contributed by atoms with van der Waals surface area (Å²) in [5, 5.41) is 8.50.